The normalized spacial score (nSPS) is 10.3. The zero-order valence-corrected chi connectivity index (χ0v) is 9.01. The van der Waals surface area contributed by atoms with Crippen LogP contribution in [0.5, 0.6) is 0 Å². The highest BCUT2D eigenvalue weighted by atomic mass is 16.4. The van der Waals surface area contributed by atoms with Crippen LogP contribution in [-0.2, 0) is 6.54 Å². The van der Waals surface area contributed by atoms with Crippen molar-refractivity contribution in [2.45, 2.75) is 13.5 Å². The van der Waals surface area contributed by atoms with Crippen LogP contribution in [0.25, 0.3) is 0 Å². The molecule has 2 aromatic heterocycles. The third-order valence-corrected chi connectivity index (χ3v) is 2.10. The van der Waals surface area contributed by atoms with Gasteiger partial charge in [-0.15, -0.1) is 0 Å². The van der Waals surface area contributed by atoms with Gasteiger partial charge < -0.3 is 9.73 Å². The average Bonchev–Trinajstić information content (AvgIpc) is 2.90. The Morgan fingerprint density at radius 1 is 1.56 bits per heavy atom. The van der Waals surface area contributed by atoms with Crippen molar-refractivity contribution >= 4 is 5.91 Å². The van der Waals surface area contributed by atoms with Gasteiger partial charge in [-0.3, -0.25) is 9.48 Å². The number of nitrogens with zero attached hydrogens (tertiary/aromatic N) is 2. The van der Waals surface area contributed by atoms with Crippen molar-refractivity contribution < 1.29 is 9.21 Å². The lowest BCUT2D eigenvalue weighted by Crippen LogP contribution is -2.21. The van der Waals surface area contributed by atoms with Crippen LogP contribution in [0.1, 0.15) is 23.2 Å². The van der Waals surface area contributed by atoms with Gasteiger partial charge in [0.1, 0.15) is 5.76 Å². The molecular weight excluding hydrogens is 206 g/mol. The Balaban J connectivity index is 2.05. The summed E-state index contributed by atoms with van der Waals surface area (Å²) < 4.78 is 7.13. The Labute approximate surface area is 93.1 Å². The molecule has 0 aromatic carbocycles. The lowest BCUT2D eigenvalue weighted by molar-refractivity contribution is 0.0926. The summed E-state index contributed by atoms with van der Waals surface area (Å²) in [5.74, 6) is 0.864. The molecule has 84 valence electrons. The maximum absolute atomic E-state index is 11.4. The predicted molar refractivity (Wildman–Crippen MR) is 58.0 cm³/mol. The fraction of sp³-hybridized carbons (Fsp3) is 0.273. The van der Waals surface area contributed by atoms with Crippen molar-refractivity contribution in [1.82, 2.24) is 15.1 Å². The molecule has 0 saturated carbocycles. The molecule has 16 heavy (non-hydrogen) atoms. The van der Waals surface area contributed by atoms with Crippen LogP contribution in [-0.4, -0.2) is 22.2 Å². The molecule has 2 rings (SSSR count). The van der Waals surface area contributed by atoms with E-state index in [1.807, 2.05) is 19.2 Å². The molecule has 0 unspecified atom stereocenters. The van der Waals surface area contributed by atoms with E-state index in [0.29, 0.717) is 24.6 Å². The topological polar surface area (TPSA) is 60.1 Å². The van der Waals surface area contributed by atoms with Gasteiger partial charge >= 0.3 is 0 Å². The van der Waals surface area contributed by atoms with Gasteiger partial charge in [0, 0.05) is 18.9 Å². The van der Waals surface area contributed by atoms with Crippen LogP contribution in [0.3, 0.4) is 0 Å². The fourth-order valence-electron chi connectivity index (χ4n) is 1.39. The number of hydrogen-bond acceptors (Lipinski definition) is 3. The third kappa shape index (κ3) is 2.31. The standard InChI is InChI=1S/C11H13N3O2/c1-2-12-11(15)10-5-4-9(16-10)8-14-7-3-6-13-14/h3-7H,2,8H2,1H3,(H,12,15). The first-order chi connectivity index (χ1) is 7.79. The highest BCUT2D eigenvalue weighted by Crippen LogP contribution is 2.09. The summed E-state index contributed by atoms with van der Waals surface area (Å²) in [7, 11) is 0. The molecule has 0 fully saturated rings. The Morgan fingerprint density at radius 2 is 2.44 bits per heavy atom. The molecular formula is C11H13N3O2. The zero-order chi connectivity index (χ0) is 11.4. The van der Waals surface area contributed by atoms with E-state index in [9.17, 15) is 4.79 Å². The molecule has 2 heterocycles. The summed E-state index contributed by atoms with van der Waals surface area (Å²) in [4.78, 5) is 11.4. The van der Waals surface area contributed by atoms with E-state index in [4.69, 9.17) is 4.42 Å². The third-order valence-electron chi connectivity index (χ3n) is 2.10. The number of carbonyl (C=O) groups excluding carboxylic acids is 1. The maximum atomic E-state index is 11.4. The summed E-state index contributed by atoms with van der Waals surface area (Å²) in [6.45, 7) is 2.99. The Bertz CT molecular complexity index is 459. The molecule has 1 N–H and O–H groups in total. The van der Waals surface area contributed by atoms with Crippen molar-refractivity contribution in [3.05, 3.63) is 42.1 Å². The number of aromatic nitrogens is 2. The summed E-state index contributed by atoms with van der Waals surface area (Å²) >= 11 is 0. The monoisotopic (exact) mass is 219 g/mol. The van der Waals surface area contributed by atoms with E-state index in [1.54, 1.807) is 23.0 Å². The quantitative estimate of drug-likeness (QED) is 0.842. The van der Waals surface area contributed by atoms with E-state index in [0.717, 1.165) is 0 Å². The van der Waals surface area contributed by atoms with E-state index in [2.05, 4.69) is 10.4 Å². The second-order valence-corrected chi connectivity index (χ2v) is 3.33. The van der Waals surface area contributed by atoms with Crippen LogP contribution in [0, 0.1) is 0 Å². The maximum Gasteiger partial charge on any atom is 0.286 e. The first-order valence-corrected chi connectivity index (χ1v) is 5.14. The van der Waals surface area contributed by atoms with Crippen molar-refractivity contribution in [2.75, 3.05) is 6.54 Å². The number of furan rings is 1. The van der Waals surface area contributed by atoms with Crippen LogP contribution in [0.2, 0.25) is 0 Å². The van der Waals surface area contributed by atoms with Gasteiger partial charge in [-0.25, -0.2) is 0 Å². The number of carbonyl (C=O) groups is 1. The number of rotatable bonds is 4. The molecule has 5 nitrogen and oxygen atoms in total. The summed E-state index contributed by atoms with van der Waals surface area (Å²) in [5, 5.41) is 6.74. The van der Waals surface area contributed by atoms with Crippen LogP contribution in [0.15, 0.2) is 35.0 Å². The van der Waals surface area contributed by atoms with Gasteiger partial charge in [-0.1, -0.05) is 0 Å². The molecule has 0 bridgehead atoms. The zero-order valence-electron chi connectivity index (χ0n) is 9.01. The van der Waals surface area contributed by atoms with Gasteiger partial charge in [0.25, 0.3) is 5.91 Å². The van der Waals surface area contributed by atoms with E-state index in [1.165, 1.54) is 0 Å². The number of amides is 1. The van der Waals surface area contributed by atoms with E-state index >= 15 is 0 Å². The first-order valence-electron chi connectivity index (χ1n) is 5.14. The summed E-state index contributed by atoms with van der Waals surface area (Å²) in [6, 6.07) is 5.30. The van der Waals surface area contributed by atoms with Gasteiger partial charge in [0.05, 0.1) is 6.54 Å². The molecule has 0 atom stereocenters. The highest BCUT2D eigenvalue weighted by Gasteiger charge is 2.09. The number of hydrogen-bond donors (Lipinski definition) is 1. The molecule has 1 amide bonds. The second-order valence-electron chi connectivity index (χ2n) is 3.33. The fourth-order valence-corrected chi connectivity index (χ4v) is 1.39. The molecule has 0 saturated heterocycles. The molecule has 0 aliphatic rings. The van der Waals surface area contributed by atoms with Gasteiger partial charge in [0.15, 0.2) is 5.76 Å². The van der Waals surface area contributed by atoms with Gasteiger partial charge in [0.2, 0.25) is 0 Å². The minimum atomic E-state index is -0.186. The van der Waals surface area contributed by atoms with E-state index < -0.39 is 0 Å². The summed E-state index contributed by atoms with van der Waals surface area (Å²) in [6.07, 6.45) is 3.54. The van der Waals surface area contributed by atoms with Crippen molar-refractivity contribution in [2.24, 2.45) is 0 Å². The summed E-state index contributed by atoms with van der Waals surface area (Å²) in [5.41, 5.74) is 0. The smallest absolute Gasteiger partial charge is 0.286 e. The first kappa shape index (κ1) is 10.5. The van der Waals surface area contributed by atoms with Crippen molar-refractivity contribution in [3.63, 3.8) is 0 Å². The van der Waals surface area contributed by atoms with Gasteiger partial charge in [-0.2, -0.15) is 5.10 Å². The lowest BCUT2D eigenvalue weighted by Gasteiger charge is -1.98. The molecule has 0 spiro atoms. The van der Waals surface area contributed by atoms with Crippen molar-refractivity contribution in [1.29, 1.82) is 0 Å². The average molecular weight is 219 g/mol. The highest BCUT2D eigenvalue weighted by molar-refractivity contribution is 5.91. The van der Waals surface area contributed by atoms with Crippen LogP contribution >= 0.6 is 0 Å². The Kier molecular flexibility index (Phi) is 3.05. The largest absolute Gasteiger partial charge is 0.454 e. The SMILES string of the molecule is CCNC(=O)c1ccc(Cn2cccn2)o1. The molecule has 5 heteroatoms. The molecule has 0 radical (unpaired) electrons. The minimum absolute atomic E-state index is 0.186. The predicted octanol–water partition coefficient (Wildman–Crippen LogP) is 1.27. The molecule has 0 aliphatic carbocycles. The second kappa shape index (κ2) is 4.65. The molecule has 0 aliphatic heterocycles. The van der Waals surface area contributed by atoms with E-state index in [-0.39, 0.29) is 5.91 Å². The van der Waals surface area contributed by atoms with Crippen LogP contribution in [0.4, 0.5) is 0 Å². The molecule has 2 aromatic rings. The number of nitrogens with one attached hydrogen (secondary N) is 1. The lowest BCUT2D eigenvalue weighted by atomic mass is 10.4. The Morgan fingerprint density at radius 3 is 3.12 bits per heavy atom. The van der Waals surface area contributed by atoms with Gasteiger partial charge in [-0.05, 0) is 25.1 Å². The Hall–Kier alpha value is -2.04. The van der Waals surface area contributed by atoms with Crippen LogP contribution < -0.4 is 5.32 Å². The van der Waals surface area contributed by atoms with Crippen molar-refractivity contribution in [3.8, 4) is 0 Å². The minimum Gasteiger partial charge on any atom is -0.454 e.